The first-order valence-corrected chi connectivity index (χ1v) is 5.34. The quantitative estimate of drug-likeness (QED) is 0.796. The smallest absolute Gasteiger partial charge is 0.238 e. The van der Waals surface area contributed by atoms with Crippen LogP contribution < -0.4 is 10.9 Å². The van der Waals surface area contributed by atoms with Gasteiger partial charge in [-0.2, -0.15) is 0 Å². The van der Waals surface area contributed by atoms with E-state index in [-0.39, 0.29) is 23.3 Å². The van der Waals surface area contributed by atoms with Crippen molar-refractivity contribution in [2.75, 3.05) is 0 Å². The second kappa shape index (κ2) is 4.75. The van der Waals surface area contributed by atoms with Crippen LogP contribution in [0.15, 0.2) is 29.2 Å². The molecule has 0 aromatic heterocycles. The van der Waals surface area contributed by atoms with Crippen molar-refractivity contribution >= 4 is 22.4 Å². The first kappa shape index (κ1) is 13.4. The zero-order valence-corrected chi connectivity index (χ0v) is 9.31. The van der Waals surface area contributed by atoms with E-state index >= 15 is 0 Å². The van der Waals surface area contributed by atoms with Gasteiger partial charge in [-0.15, -0.1) is 12.4 Å². The molecular formula is C8H13ClN2O2S. The molecule has 1 unspecified atom stereocenters. The summed E-state index contributed by atoms with van der Waals surface area (Å²) < 4.78 is 21.7. The number of hydrogen-bond acceptors (Lipinski definition) is 3. The average Bonchev–Trinajstić information content (AvgIpc) is 2.03. The van der Waals surface area contributed by atoms with Crippen molar-refractivity contribution < 1.29 is 8.42 Å². The summed E-state index contributed by atoms with van der Waals surface area (Å²) in [4.78, 5) is 0.108. The molecule has 0 bridgehead atoms. The summed E-state index contributed by atoms with van der Waals surface area (Å²) in [6.07, 6.45) is 0. The summed E-state index contributed by atoms with van der Waals surface area (Å²) in [5.41, 5.74) is 6.47. The number of primary sulfonamides is 1. The van der Waals surface area contributed by atoms with Crippen LogP contribution in [0.2, 0.25) is 0 Å². The summed E-state index contributed by atoms with van der Waals surface area (Å²) in [6.45, 7) is 1.83. The molecule has 1 aromatic rings. The Morgan fingerprint density at radius 1 is 1.21 bits per heavy atom. The molecule has 0 saturated heterocycles. The van der Waals surface area contributed by atoms with Crippen LogP contribution in [0.4, 0.5) is 0 Å². The Bertz CT molecular complexity index is 386. The van der Waals surface area contributed by atoms with Gasteiger partial charge in [0.2, 0.25) is 10.0 Å². The Balaban J connectivity index is 0.00000169. The molecule has 0 aliphatic rings. The normalized spacial score (nSPS) is 13.1. The minimum atomic E-state index is -3.59. The molecule has 0 spiro atoms. The molecule has 0 heterocycles. The largest absolute Gasteiger partial charge is 0.324 e. The number of sulfonamides is 1. The zero-order valence-electron chi connectivity index (χ0n) is 7.67. The average molecular weight is 237 g/mol. The molecule has 0 saturated carbocycles. The molecule has 0 radical (unpaired) electrons. The number of nitrogens with two attached hydrogens (primary N) is 2. The predicted molar refractivity (Wildman–Crippen MR) is 57.7 cm³/mol. The maximum atomic E-state index is 10.9. The van der Waals surface area contributed by atoms with Crippen LogP contribution in [0.25, 0.3) is 0 Å². The number of halogens is 1. The Labute approximate surface area is 89.8 Å². The van der Waals surface area contributed by atoms with E-state index in [1.807, 2.05) is 6.92 Å². The van der Waals surface area contributed by atoms with Crippen molar-refractivity contribution in [3.8, 4) is 0 Å². The monoisotopic (exact) mass is 236 g/mol. The van der Waals surface area contributed by atoms with Gasteiger partial charge in [-0.05, 0) is 24.6 Å². The highest BCUT2D eigenvalue weighted by molar-refractivity contribution is 7.89. The molecule has 0 amide bonds. The van der Waals surface area contributed by atoms with Gasteiger partial charge in [-0.3, -0.25) is 0 Å². The van der Waals surface area contributed by atoms with Crippen molar-refractivity contribution in [2.45, 2.75) is 17.9 Å². The van der Waals surface area contributed by atoms with Gasteiger partial charge in [0.15, 0.2) is 0 Å². The minimum Gasteiger partial charge on any atom is -0.324 e. The van der Waals surface area contributed by atoms with Gasteiger partial charge >= 0.3 is 0 Å². The van der Waals surface area contributed by atoms with E-state index in [0.717, 1.165) is 5.56 Å². The van der Waals surface area contributed by atoms with Crippen molar-refractivity contribution in [3.63, 3.8) is 0 Å². The number of hydrogen-bond donors (Lipinski definition) is 2. The first-order chi connectivity index (χ1) is 5.91. The second-order valence-electron chi connectivity index (χ2n) is 2.90. The molecule has 14 heavy (non-hydrogen) atoms. The fourth-order valence-electron chi connectivity index (χ4n) is 0.961. The van der Waals surface area contributed by atoms with Crippen molar-refractivity contribution in [1.29, 1.82) is 0 Å². The third-order valence-electron chi connectivity index (χ3n) is 1.73. The summed E-state index contributed by atoms with van der Waals surface area (Å²) >= 11 is 0. The van der Waals surface area contributed by atoms with Crippen LogP contribution in [0.1, 0.15) is 18.5 Å². The van der Waals surface area contributed by atoms with E-state index in [0.29, 0.717) is 0 Å². The van der Waals surface area contributed by atoms with Gasteiger partial charge in [0.1, 0.15) is 0 Å². The van der Waals surface area contributed by atoms with E-state index in [1.54, 1.807) is 12.1 Å². The molecule has 1 aromatic carbocycles. The van der Waals surface area contributed by atoms with Crippen molar-refractivity contribution in [2.24, 2.45) is 10.9 Å². The van der Waals surface area contributed by atoms with E-state index < -0.39 is 10.0 Å². The van der Waals surface area contributed by atoms with Crippen LogP contribution >= 0.6 is 12.4 Å². The van der Waals surface area contributed by atoms with Crippen LogP contribution in [0.3, 0.4) is 0 Å². The van der Waals surface area contributed by atoms with Crippen LogP contribution in [-0.2, 0) is 10.0 Å². The SMILES string of the molecule is CC(N)c1ccc(S(N)(=O)=O)cc1.Cl. The highest BCUT2D eigenvalue weighted by Crippen LogP contribution is 2.12. The maximum Gasteiger partial charge on any atom is 0.238 e. The molecule has 4 N–H and O–H groups in total. The fourth-order valence-corrected chi connectivity index (χ4v) is 1.48. The van der Waals surface area contributed by atoms with Crippen molar-refractivity contribution in [3.05, 3.63) is 29.8 Å². The molecule has 1 rings (SSSR count). The first-order valence-electron chi connectivity index (χ1n) is 3.79. The van der Waals surface area contributed by atoms with E-state index in [9.17, 15) is 8.42 Å². The molecule has 80 valence electrons. The second-order valence-corrected chi connectivity index (χ2v) is 4.46. The fraction of sp³-hybridized carbons (Fsp3) is 0.250. The van der Waals surface area contributed by atoms with Gasteiger partial charge in [-0.25, -0.2) is 13.6 Å². The summed E-state index contributed by atoms with van der Waals surface area (Å²) in [7, 11) is -3.59. The Morgan fingerprint density at radius 3 is 1.93 bits per heavy atom. The Morgan fingerprint density at radius 2 is 1.64 bits per heavy atom. The molecule has 4 nitrogen and oxygen atoms in total. The standard InChI is InChI=1S/C8H12N2O2S.ClH/c1-6(9)7-2-4-8(5-3-7)13(10,11)12;/h2-6H,9H2,1H3,(H2,10,11,12);1H. The van der Waals surface area contributed by atoms with Gasteiger partial charge < -0.3 is 5.73 Å². The lowest BCUT2D eigenvalue weighted by molar-refractivity contribution is 0.597. The Kier molecular flexibility index (Phi) is 4.54. The van der Waals surface area contributed by atoms with Crippen molar-refractivity contribution in [1.82, 2.24) is 0 Å². The number of benzene rings is 1. The lowest BCUT2D eigenvalue weighted by atomic mass is 10.1. The molecule has 0 aliphatic carbocycles. The van der Waals surface area contributed by atoms with Crippen LogP contribution in [-0.4, -0.2) is 8.42 Å². The molecule has 6 heteroatoms. The number of rotatable bonds is 2. The minimum absolute atomic E-state index is 0. The van der Waals surface area contributed by atoms with Gasteiger partial charge in [0.25, 0.3) is 0 Å². The maximum absolute atomic E-state index is 10.9. The highest BCUT2D eigenvalue weighted by atomic mass is 35.5. The highest BCUT2D eigenvalue weighted by Gasteiger charge is 2.07. The lowest BCUT2D eigenvalue weighted by Crippen LogP contribution is -2.12. The summed E-state index contributed by atoms with van der Waals surface area (Å²) in [5, 5.41) is 4.92. The summed E-state index contributed by atoms with van der Waals surface area (Å²) in [5.74, 6) is 0. The lowest BCUT2D eigenvalue weighted by Gasteiger charge is -2.05. The van der Waals surface area contributed by atoms with Gasteiger partial charge in [0.05, 0.1) is 4.90 Å². The molecule has 0 aliphatic heterocycles. The third kappa shape index (κ3) is 3.26. The van der Waals surface area contributed by atoms with Crippen LogP contribution in [0, 0.1) is 0 Å². The molecule has 1 atom stereocenters. The third-order valence-corrected chi connectivity index (χ3v) is 2.66. The van der Waals surface area contributed by atoms with Gasteiger partial charge in [-0.1, -0.05) is 12.1 Å². The topological polar surface area (TPSA) is 86.2 Å². The summed E-state index contributed by atoms with van der Waals surface area (Å²) in [6, 6.07) is 6.12. The Hall–Kier alpha value is -0.620. The van der Waals surface area contributed by atoms with E-state index in [4.69, 9.17) is 10.9 Å². The van der Waals surface area contributed by atoms with Crippen LogP contribution in [0.5, 0.6) is 0 Å². The predicted octanol–water partition coefficient (Wildman–Crippen LogP) is 0.776. The van der Waals surface area contributed by atoms with E-state index in [1.165, 1.54) is 12.1 Å². The molecule has 0 fully saturated rings. The van der Waals surface area contributed by atoms with Gasteiger partial charge in [0, 0.05) is 6.04 Å². The zero-order chi connectivity index (χ0) is 10.1. The molecular weight excluding hydrogens is 224 g/mol. The van der Waals surface area contributed by atoms with E-state index in [2.05, 4.69) is 0 Å².